The number of nitrogens with zero attached hydrogens (tertiary/aromatic N) is 1. The van der Waals surface area contributed by atoms with E-state index in [9.17, 15) is 9.90 Å². The number of amides is 1. The predicted molar refractivity (Wildman–Crippen MR) is 83.6 cm³/mol. The van der Waals surface area contributed by atoms with Crippen LogP contribution in [0.1, 0.15) is 35.2 Å². The maximum Gasteiger partial charge on any atom is 0.251 e. The highest BCUT2D eigenvalue weighted by Crippen LogP contribution is 2.13. The summed E-state index contributed by atoms with van der Waals surface area (Å²) in [5, 5.41) is 21.5. The largest absolute Gasteiger partial charge is 0.379 e. The van der Waals surface area contributed by atoms with Gasteiger partial charge >= 0.3 is 0 Å². The van der Waals surface area contributed by atoms with Crippen molar-refractivity contribution in [2.24, 2.45) is 0 Å². The Labute approximate surface area is 136 Å². The van der Waals surface area contributed by atoms with Gasteiger partial charge in [-0.2, -0.15) is 5.26 Å². The molecule has 1 heterocycles. The van der Waals surface area contributed by atoms with Gasteiger partial charge in [0, 0.05) is 12.2 Å². The first-order valence-corrected chi connectivity index (χ1v) is 7.84. The highest BCUT2D eigenvalue weighted by atomic mass is 16.5. The van der Waals surface area contributed by atoms with Crippen LogP contribution in [0.2, 0.25) is 0 Å². The Bertz CT molecular complexity index is 556. The SMILES string of the molecule is N#CC(O)[C@@H]1CCCCOCCOCc2ccccc2C(=O)N1. The summed E-state index contributed by atoms with van der Waals surface area (Å²) in [5.74, 6) is -0.295. The molecule has 23 heavy (non-hydrogen) atoms. The van der Waals surface area contributed by atoms with Crippen molar-refractivity contribution in [3.63, 3.8) is 0 Å². The first-order valence-electron chi connectivity index (χ1n) is 7.84. The summed E-state index contributed by atoms with van der Waals surface area (Å²) in [6.45, 7) is 1.91. The molecule has 0 saturated carbocycles. The first kappa shape index (κ1) is 17.4. The number of nitriles is 1. The minimum absolute atomic E-state index is 0.295. The van der Waals surface area contributed by atoms with Gasteiger partial charge in [-0.15, -0.1) is 0 Å². The molecule has 1 amide bonds. The molecule has 1 aliphatic heterocycles. The zero-order valence-corrected chi connectivity index (χ0v) is 13.0. The van der Waals surface area contributed by atoms with Gasteiger partial charge in [-0.25, -0.2) is 0 Å². The van der Waals surface area contributed by atoms with E-state index >= 15 is 0 Å². The van der Waals surface area contributed by atoms with Gasteiger partial charge in [0.2, 0.25) is 0 Å². The van der Waals surface area contributed by atoms with Gasteiger partial charge in [-0.1, -0.05) is 18.2 Å². The Morgan fingerprint density at radius 1 is 1.22 bits per heavy atom. The lowest BCUT2D eigenvalue weighted by Crippen LogP contribution is -2.43. The van der Waals surface area contributed by atoms with Crippen LogP contribution in [0.25, 0.3) is 0 Å². The standard InChI is InChI=1S/C17H22N2O4/c18-11-16(20)15-7-3-4-8-22-9-10-23-12-13-5-1-2-6-14(13)17(21)19-15/h1-2,5-6,15-16,20H,3-4,7-10,12H2,(H,19,21)/t15-,16?/m0/s1. The van der Waals surface area contributed by atoms with Crippen LogP contribution >= 0.6 is 0 Å². The van der Waals surface area contributed by atoms with E-state index in [1.165, 1.54) is 0 Å². The molecule has 0 saturated heterocycles. The second-order valence-electron chi connectivity index (χ2n) is 5.47. The number of benzene rings is 1. The quantitative estimate of drug-likeness (QED) is 0.763. The molecule has 2 N–H and O–H groups in total. The Hall–Kier alpha value is -1.94. The zero-order valence-electron chi connectivity index (χ0n) is 13.0. The molecule has 1 aromatic carbocycles. The lowest BCUT2D eigenvalue weighted by atomic mass is 10.0. The average molecular weight is 318 g/mol. The molecule has 0 bridgehead atoms. The lowest BCUT2D eigenvalue weighted by molar-refractivity contribution is 0.0380. The van der Waals surface area contributed by atoms with Crippen molar-refractivity contribution in [3.8, 4) is 6.07 Å². The molecular weight excluding hydrogens is 296 g/mol. The van der Waals surface area contributed by atoms with E-state index in [0.29, 0.717) is 38.4 Å². The van der Waals surface area contributed by atoms with Gasteiger partial charge in [0.1, 0.15) is 0 Å². The molecule has 2 rings (SSSR count). The molecule has 0 fully saturated rings. The van der Waals surface area contributed by atoms with Crippen LogP contribution in [-0.4, -0.2) is 43.0 Å². The summed E-state index contributed by atoms with van der Waals surface area (Å²) in [6.07, 6.45) is 0.867. The third kappa shape index (κ3) is 5.32. The minimum Gasteiger partial charge on any atom is -0.379 e. The number of aliphatic hydroxyl groups excluding tert-OH is 1. The molecule has 1 aromatic rings. The number of carbonyl (C=O) groups excluding carboxylic acids is 1. The van der Waals surface area contributed by atoms with E-state index in [1.54, 1.807) is 18.2 Å². The van der Waals surface area contributed by atoms with Crippen molar-refractivity contribution < 1.29 is 19.4 Å². The summed E-state index contributed by atoms with van der Waals surface area (Å²) in [5.41, 5.74) is 1.27. The second kappa shape index (κ2) is 9.26. The van der Waals surface area contributed by atoms with Crippen LogP contribution in [0.3, 0.4) is 0 Å². The fourth-order valence-corrected chi connectivity index (χ4v) is 2.48. The summed E-state index contributed by atoms with van der Waals surface area (Å²) in [6, 6.07) is 8.37. The second-order valence-corrected chi connectivity index (χ2v) is 5.47. The summed E-state index contributed by atoms with van der Waals surface area (Å²) < 4.78 is 11.0. The molecule has 0 radical (unpaired) electrons. The molecule has 124 valence electrons. The number of fused-ring (bicyclic) bond motifs is 1. The highest BCUT2D eigenvalue weighted by Gasteiger charge is 2.22. The number of aliphatic hydroxyl groups is 1. The number of nitrogens with one attached hydrogen (secondary N) is 1. The molecule has 0 aromatic heterocycles. The van der Waals surface area contributed by atoms with Crippen molar-refractivity contribution >= 4 is 5.91 Å². The number of carbonyl (C=O) groups is 1. The zero-order chi connectivity index (χ0) is 16.5. The van der Waals surface area contributed by atoms with E-state index in [0.717, 1.165) is 18.4 Å². The van der Waals surface area contributed by atoms with Crippen LogP contribution < -0.4 is 5.32 Å². The van der Waals surface area contributed by atoms with Gasteiger partial charge in [-0.3, -0.25) is 4.79 Å². The van der Waals surface area contributed by atoms with Crippen molar-refractivity contribution in [2.45, 2.75) is 38.0 Å². The van der Waals surface area contributed by atoms with Crippen LogP contribution in [0.4, 0.5) is 0 Å². The number of ether oxygens (including phenoxy) is 2. The Morgan fingerprint density at radius 2 is 2.00 bits per heavy atom. The molecule has 6 nitrogen and oxygen atoms in total. The number of rotatable bonds is 1. The molecule has 1 unspecified atom stereocenters. The van der Waals surface area contributed by atoms with Crippen LogP contribution in [0, 0.1) is 11.3 Å². The first-order chi connectivity index (χ1) is 11.2. The molecule has 0 spiro atoms. The van der Waals surface area contributed by atoms with Crippen molar-refractivity contribution in [2.75, 3.05) is 19.8 Å². The van der Waals surface area contributed by atoms with Crippen molar-refractivity contribution in [1.82, 2.24) is 5.32 Å². The smallest absolute Gasteiger partial charge is 0.251 e. The third-order valence-corrected chi connectivity index (χ3v) is 3.78. The maximum absolute atomic E-state index is 12.5. The summed E-state index contributed by atoms with van der Waals surface area (Å²) in [7, 11) is 0. The fraction of sp³-hybridized carbons (Fsp3) is 0.529. The fourth-order valence-electron chi connectivity index (χ4n) is 2.48. The average Bonchev–Trinajstić information content (AvgIpc) is 2.58. The van der Waals surface area contributed by atoms with Crippen molar-refractivity contribution in [1.29, 1.82) is 5.26 Å². The minimum atomic E-state index is -1.23. The van der Waals surface area contributed by atoms with Gasteiger partial charge in [-0.05, 0) is 30.9 Å². The third-order valence-electron chi connectivity index (χ3n) is 3.78. The van der Waals surface area contributed by atoms with Gasteiger partial charge in [0.25, 0.3) is 5.91 Å². The van der Waals surface area contributed by atoms with E-state index in [2.05, 4.69) is 5.32 Å². The normalized spacial score (nSPS) is 22.1. The van der Waals surface area contributed by atoms with Crippen LogP contribution in [0.15, 0.2) is 24.3 Å². The molecule has 0 aliphatic carbocycles. The van der Waals surface area contributed by atoms with E-state index in [4.69, 9.17) is 14.7 Å². The van der Waals surface area contributed by atoms with Gasteiger partial charge < -0.3 is 19.9 Å². The van der Waals surface area contributed by atoms with E-state index < -0.39 is 12.1 Å². The van der Waals surface area contributed by atoms with Crippen molar-refractivity contribution in [3.05, 3.63) is 35.4 Å². The van der Waals surface area contributed by atoms with E-state index in [1.807, 2.05) is 12.1 Å². The molecule has 2 atom stereocenters. The molecule has 6 heteroatoms. The molecular formula is C17H22N2O4. The lowest BCUT2D eigenvalue weighted by Gasteiger charge is -2.21. The summed E-state index contributed by atoms with van der Waals surface area (Å²) >= 11 is 0. The highest BCUT2D eigenvalue weighted by molar-refractivity contribution is 5.95. The Balaban J connectivity index is 2.17. The summed E-state index contributed by atoms with van der Waals surface area (Å²) in [4.78, 5) is 12.5. The number of hydrogen-bond donors (Lipinski definition) is 2. The number of hydrogen-bond acceptors (Lipinski definition) is 5. The predicted octanol–water partition coefficient (Wildman–Crippen LogP) is 1.39. The van der Waals surface area contributed by atoms with Gasteiger partial charge in [0.15, 0.2) is 6.10 Å². The molecule has 1 aliphatic rings. The van der Waals surface area contributed by atoms with Gasteiger partial charge in [0.05, 0.1) is 31.9 Å². The Kier molecular flexibility index (Phi) is 7.01. The topological polar surface area (TPSA) is 91.6 Å². The maximum atomic E-state index is 12.5. The van der Waals surface area contributed by atoms with Crippen LogP contribution in [0.5, 0.6) is 0 Å². The van der Waals surface area contributed by atoms with E-state index in [-0.39, 0.29) is 5.91 Å². The Morgan fingerprint density at radius 3 is 2.83 bits per heavy atom. The monoisotopic (exact) mass is 318 g/mol. The van der Waals surface area contributed by atoms with Crippen LogP contribution in [-0.2, 0) is 16.1 Å².